The average molecular weight is 360 g/mol. The molecule has 2 fully saturated rings. The highest BCUT2D eigenvalue weighted by Gasteiger charge is 2.44. The Morgan fingerprint density at radius 3 is 2.76 bits per heavy atom. The van der Waals surface area contributed by atoms with Crippen molar-refractivity contribution in [1.82, 2.24) is 20.2 Å². The van der Waals surface area contributed by atoms with E-state index in [4.69, 9.17) is 0 Å². The van der Waals surface area contributed by atoms with E-state index in [1.807, 2.05) is 4.90 Å². The van der Waals surface area contributed by atoms with Crippen LogP contribution in [0.2, 0.25) is 0 Å². The van der Waals surface area contributed by atoms with Gasteiger partial charge in [0.25, 0.3) is 11.5 Å². The van der Waals surface area contributed by atoms with Gasteiger partial charge in [0, 0.05) is 25.9 Å². The van der Waals surface area contributed by atoms with Crippen LogP contribution in [0.5, 0.6) is 0 Å². The summed E-state index contributed by atoms with van der Waals surface area (Å²) in [5.41, 5.74) is 0.438. The molecule has 25 heavy (non-hydrogen) atoms. The first kappa shape index (κ1) is 16.3. The fraction of sp³-hybridized carbons (Fsp3) is 0.529. The second-order valence-electron chi connectivity index (χ2n) is 6.97. The maximum atomic E-state index is 12.8. The summed E-state index contributed by atoms with van der Waals surface area (Å²) in [6.45, 7) is 4.63. The molecule has 0 radical (unpaired) electrons. The lowest BCUT2D eigenvalue weighted by atomic mass is 9.98. The van der Waals surface area contributed by atoms with Gasteiger partial charge in [-0.05, 0) is 31.2 Å². The van der Waals surface area contributed by atoms with E-state index in [1.54, 1.807) is 13.8 Å². The lowest BCUT2D eigenvalue weighted by Crippen LogP contribution is -2.41. The first-order valence-corrected chi connectivity index (χ1v) is 9.30. The predicted octanol–water partition coefficient (Wildman–Crippen LogP) is 1.28. The van der Waals surface area contributed by atoms with Crippen LogP contribution in [0.4, 0.5) is 0 Å². The number of rotatable bonds is 3. The van der Waals surface area contributed by atoms with Gasteiger partial charge in [0.2, 0.25) is 5.91 Å². The molecule has 2 unspecified atom stereocenters. The Morgan fingerprint density at radius 1 is 1.36 bits per heavy atom. The minimum atomic E-state index is -0.225. The normalized spacial score (nSPS) is 23.2. The quantitative estimate of drug-likeness (QED) is 0.862. The number of aromatic amines is 1. The largest absolute Gasteiger partial charge is 0.346 e. The summed E-state index contributed by atoms with van der Waals surface area (Å²) >= 11 is 1.24. The highest BCUT2D eigenvalue weighted by atomic mass is 32.1. The van der Waals surface area contributed by atoms with E-state index in [9.17, 15) is 14.4 Å². The first-order valence-electron chi connectivity index (χ1n) is 8.49. The number of hydrogen-bond donors (Lipinski definition) is 2. The van der Waals surface area contributed by atoms with Crippen molar-refractivity contribution < 1.29 is 9.59 Å². The van der Waals surface area contributed by atoms with Crippen LogP contribution in [0, 0.1) is 18.8 Å². The van der Waals surface area contributed by atoms with Gasteiger partial charge in [0.05, 0.1) is 22.6 Å². The van der Waals surface area contributed by atoms with Crippen molar-refractivity contribution in [2.24, 2.45) is 11.8 Å². The number of aryl methyl sites for hydroxylation is 1. The number of nitrogens with zero attached hydrogens (tertiary/aromatic N) is 2. The molecule has 3 heterocycles. The predicted molar refractivity (Wildman–Crippen MR) is 94.7 cm³/mol. The van der Waals surface area contributed by atoms with Crippen LogP contribution < -0.4 is 10.9 Å². The van der Waals surface area contributed by atoms with Crippen molar-refractivity contribution in [1.29, 1.82) is 0 Å². The SMILES string of the molecule is CC(=O)N1CC(NC(=O)c2sc3nc[nH]c(=O)c3c2C)C(C2CC2)C1. The van der Waals surface area contributed by atoms with Crippen molar-refractivity contribution in [3.63, 3.8) is 0 Å². The molecule has 7 nitrogen and oxygen atoms in total. The molecular weight excluding hydrogens is 340 g/mol. The Labute approximate surface area is 148 Å². The van der Waals surface area contributed by atoms with Gasteiger partial charge in [-0.15, -0.1) is 11.3 Å². The van der Waals surface area contributed by atoms with Crippen molar-refractivity contribution in [3.8, 4) is 0 Å². The monoisotopic (exact) mass is 360 g/mol. The van der Waals surface area contributed by atoms with Crippen LogP contribution in [0.1, 0.15) is 35.0 Å². The highest BCUT2D eigenvalue weighted by molar-refractivity contribution is 7.20. The zero-order valence-electron chi connectivity index (χ0n) is 14.2. The van der Waals surface area contributed by atoms with Crippen LogP contribution in [-0.2, 0) is 4.79 Å². The second-order valence-corrected chi connectivity index (χ2v) is 7.97. The third-order valence-electron chi connectivity index (χ3n) is 5.29. The maximum Gasteiger partial charge on any atom is 0.262 e. The van der Waals surface area contributed by atoms with Gasteiger partial charge < -0.3 is 15.2 Å². The summed E-state index contributed by atoms with van der Waals surface area (Å²) in [5, 5.41) is 3.59. The smallest absolute Gasteiger partial charge is 0.262 e. The molecule has 2 aliphatic rings. The number of hydrogen-bond acceptors (Lipinski definition) is 5. The molecule has 1 aliphatic heterocycles. The second kappa shape index (κ2) is 5.94. The summed E-state index contributed by atoms with van der Waals surface area (Å²) in [6.07, 6.45) is 3.70. The van der Waals surface area contributed by atoms with Crippen molar-refractivity contribution in [2.75, 3.05) is 13.1 Å². The van der Waals surface area contributed by atoms with Crippen LogP contribution in [0.15, 0.2) is 11.1 Å². The Morgan fingerprint density at radius 2 is 2.12 bits per heavy atom. The van der Waals surface area contributed by atoms with Crippen LogP contribution in [0.25, 0.3) is 10.2 Å². The average Bonchev–Trinajstić information content (AvgIpc) is 3.23. The van der Waals surface area contributed by atoms with Gasteiger partial charge in [-0.1, -0.05) is 0 Å². The van der Waals surface area contributed by atoms with Gasteiger partial charge in [-0.25, -0.2) is 4.98 Å². The van der Waals surface area contributed by atoms with E-state index >= 15 is 0 Å². The Balaban J connectivity index is 1.59. The molecule has 1 aliphatic carbocycles. The van der Waals surface area contributed by atoms with E-state index in [0.29, 0.717) is 39.0 Å². The van der Waals surface area contributed by atoms with Crippen molar-refractivity contribution in [2.45, 2.75) is 32.7 Å². The molecule has 1 saturated carbocycles. The molecule has 2 amide bonds. The maximum absolute atomic E-state index is 12.8. The van der Waals surface area contributed by atoms with Crippen LogP contribution in [0.3, 0.4) is 0 Å². The van der Waals surface area contributed by atoms with E-state index in [-0.39, 0.29) is 23.4 Å². The van der Waals surface area contributed by atoms with Gasteiger partial charge in [-0.2, -0.15) is 0 Å². The summed E-state index contributed by atoms with van der Waals surface area (Å²) < 4.78 is 0. The number of thiophene rings is 1. The topological polar surface area (TPSA) is 95.2 Å². The fourth-order valence-corrected chi connectivity index (χ4v) is 4.82. The van der Waals surface area contributed by atoms with Crippen LogP contribution >= 0.6 is 11.3 Å². The summed E-state index contributed by atoms with van der Waals surface area (Å²) in [6, 6.07) is -0.0280. The van der Waals surface area contributed by atoms with Gasteiger partial charge >= 0.3 is 0 Å². The molecule has 132 valence electrons. The molecule has 0 bridgehead atoms. The third kappa shape index (κ3) is 2.84. The van der Waals surface area contributed by atoms with Gasteiger partial charge in [0.15, 0.2) is 0 Å². The molecule has 8 heteroatoms. The van der Waals surface area contributed by atoms with Crippen molar-refractivity contribution >= 4 is 33.4 Å². The summed E-state index contributed by atoms with van der Waals surface area (Å²) in [5.74, 6) is 0.795. The Hall–Kier alpha value is -2.22. The number of aromatic nitrogens is 2. The number of amides is 2. The molecule has 0 spiro atoms. The zero-order chi connectivity index (χ0) is 17.7. The Kier molecular flexibility index (Phi) is 3.87. The standard InChI is InChI=1S/C17H20N4O3S/c1-8-13-15(23)18-7-19-17(13)25-14(8)16(24)20-12-6-21(9(2)22)5-11(12)10-3-4-10/h7,10-12H,3-6H2,1-2H3,(H,20,24)(H,18,19,23). The summed E-state index contributed by atoms with van der Waals surface area (Å²) in [4.78, 5) is 46.1. The number of nitrogens with one attached hydrogen (secondary N) is 2. The van der Waals surface area contributed by atoms with E-state index in [2.05, 4.69) is 15.3 Å². The number of carbonyl (C=O) groups excluding carboxylic acids is 2. The molecule has 2 atom stereocenters. The van der Waals surface area contributed by atoms with Gasteiger partial charge in [0.1, 0.15) is 4.83 Å². The molecule has 2 N–H and O–H groups in total. The van der Waals surface area contributed by atoms with Crippen molar-refractivity contribution in [3.05, 3.63) is 27.1 Å². The minimum absolute atomic E-state index is 0.0280. The molecule has 1 saturated heterocycles. The third-order valence-corrected chi connectivity index (χ3v) is 6.49. The first-order chi connectivity index (χ1) is 12.0. The molecular formula is C17H20N4O3S. The van der Waals surface area contributed by atoms with E-state index in [1.165, 1.54) is 30.5 Å². The van der Waals surface area contributed by atoms with E-state index < -0.39 is 0 Å². The molecule has 2 aromatic heterocycles. The van der Waals surface area contributed by atoms with Crippen LogP contribution in [-0.4, -0.2) is 45.8 Å². The van der Waals surface area contributed by atoms with Gasteiger partial charge in [-0.3, -0.25) is 14.4 Å². The summed E-state index contributed by atoms with van der Waals surface area (Å²) in [7, 11) is 0. The number of H-pyrrole nitrogens is 1. The lowest BCUT2D eigenvalue weighted by molar-refractivity contribution is -0.128. The number of likely N-dealkylation sites (tertiary alicyclic amines) is 1. The minimum Gasteiger partial charge on any atom is -0.346 e. The molecule has 0 aromatic carbocycles. The lowest BCUT2D eigenvalue weighted by Gasteiger charge is -2.18. The number of carbonyl (C=O) groups is 2. The molecule has 4 rings (SSSR count). The van der Waals surface area contributed by atoms with E-state index in [0.717, 1.165) is 6.54 Å². The Bertz CT molecular complexity index is 914. The highest BCUT2D eigenvalue weighted by Crippen LogP contribution is 2.41. The fourth-order valence-electron chi connectivity index (χ4n) is 3.77. The molecule has 2 aromatic rings. The zero-order valence-corrected chi connectivity index (χ0v) is 15.0. The number of fused-ring (bicyclic) bond motifs is 1.